The second-order valence-electron chi connectivity index (χ2n) is 4.01. The maximum atomic E-state index is 9.68. The van der Waals surface area contributed by atoms with E-state index in [-0.39, 0.29) is 5.75 Å². The van der Waals surface area contributed by atoms with Crippen molar-refractivity contribution in [3.8, 4) is 5.75 Å². The molecule has 15 heavy (non-hydrogen) atoms. The van der Waals surface area contributed by atoms with E-state index in [2.05, 4.69) is 9.89 Å². The first kappa shape index (κ1) is 8.73. The van der Waals surface area contributed by atoms with Gasteiger partial charge in [0.15, 0.2) is 0 Å². The zero-order chi connectivity index (χ0) is 10.4. The maximum Gasteiger partial charge on any atom is 0.134 e. The van der Waals surface area contributed by atoms with Crippen LogP contribution in [0.5, 0.6) is 5.75 Å². The van der Waals surface area contributed by atoms with E-state index in [9.17, 15) is 10.2 Å². The number of amidine groups is 1. The van der Waals surface area contributed by atoms with Crippen molar-refractivity contribution in [3.05, 3.63) is 23.8 Å². The Morgan fingerprint density at radius 3 is 3.13 bits per heavy atom. The van der Waals surface area contributed by atoms with Crippen LogP contribution in [0.4, 0.5) is 5.69 Å². The number of aromatic hydroxyl groups is 1. The highest BCUT2D eigenvalue weighted by atomic mass is 16.3. The molecule has 2 heterocycles. The summed E-state index contributed by atoms with van der Waals surface area (Å²) in [7, 11) is 0. The van der Waals surface area contributed by atoms with Crippen molar-refractivity contribution in [2.45, 2.75) is 19.1 Å². The molecule has 78 valence electrons. The van der Waals surface area contributed by atoms with Crippen LogP contribution in [0, 0.1) is 0 Å². The monoisotopic (exact) mass is 204 g/mol. The molecule has 0 spiro atoms. The number of fused-ring (bicyclic) bond motifs is 2. The fourth-order valence-corrected chi connectivity index (χ4v) is 2.16. The lowest BCUT2D eigenvalue weighted by Gasteiger charge is -2.25. The SMILES string of the molecule is Oc1ccc2c(c1)N=C1C(O)CCN1C2. The van der Waals surface area contributed by atoms with Crippen molar-refractivity contribution < 1.29 is 10.2 Å². The molecule has 0 amide bonds. The highest BCUT2D eigenvalue weighted by Crippen LogP contribution is 2.32. The molecule has 0 bridgehead atoms. The number of nitrogens with zero attached hydrogens (tertiary/aromatic N) is 2. The Bertz CT molecular complexity index is 442. The summed E-state index contributed by atoms with van der Waals surface area (Å²) >= 11 is 0. The van der Waals surface area contributed by atoms with Crippen molar-refractivity contribution in [1.29, 1.82) is 0 Å². The third-order valence-electron chi connectivity index (χ3n) is 2.96. The molecule has 0 aliphatic carbocycles. The van der Waals surface area contributed by atoms with Gasteiger partial charge in [-0.1, -0.05) is 6.07 Å². The molecule has 2 aliphatic rings. The van der Waals surface area contributed by atoms with E-state index in [1.807, 2.05) is 6.07 Å². The van der Waals surface area contributed by atoms with Gasteiger partial charge in [-0.2, -0.15) is 0 Å². The van der Waals surface area contributed by atoms with Gasteiger partial charge in [0.2, 0.25) is 0 Å². The van der Waals surface area contributed by atoms with E-state index in [1.54, 1.807) is 12.1 Å². The van der Waals surface area contributed by atoms with Crippen LogP contribution in [-0.4, -0.2) is 33.6 Å². The smallest absolute Gasteiger partial charge is 0.134 e. The minimum atomic E-state index is -0.444. The van der Waals surface area contributed by atoms with Crippen molar-refractivity contribution >= 4 is 11.5 Å². The lowest BCUT2D eigenvalue weighted by atomic mass is 10.1. The van der Waals surface area contributed by atoms with Gasteiger partial charge in [-0.3, -0.25) is 0 Å². The first-order chi connectivity index (χ1) is 7.24. The lowest BCUT2D eigenvalue weighted by Crippen LogP contribution is -2.31. The number of benzene rings is 1. The summed E-state index contributed by atoms with van der Waals surface area (Å²) in [5.41, 5.74) is 1.88. The summed E-state index contributed by atoms with van der Waals surface area (Å²) in [5.74, 6) is 0.965. The lowest BCUT2D eigenvalue weighted by molar-refractivity contribution is 0.245. The third kappa shape index (κ3) is 1.29. The second-order valence-corrected chi connectivity index (χ2v) is 4.01. The van der Waals surface area contributed by atoms with E-state index in [0.717, 1.165) is 36.6 Å². The quantitative estimate of drug-likeness (QED) is 0.663. The van der Waals surface area contributed by atoms with Gasteiger partial charge in [0.1, 0.15) is 17.7 Å². The van der Waals surface area contributed by atoms with Crippen molar-refractivity contribution in [1.82, 2.24) is 4.90 Å². The van der Waals surface area contributed by atoms with E-state index >= 15 is 0 Å². The first-order valence-electron chi connectivity index (χ1n) is 5.07. The van der Waals surface area contributed by atoms with Gasteiger partial charge >= 0.3 is 0 Å². The number of phenolic OH excluding ortho intramolecular Hbond substituents is 1. The molecule has 2 N–H and O–H groups in total. The largest absolute Gasteiger partial charge is 0.508 e. The van der Waals surface area contributed by atoms with Crippen molar-refractivity contribution in [2.75, 3.05) is 6.54 Å². The van der Waals surface area contributed by atoms with Crippen molar-refractivity contribution in [2.24, 2.45) is 4.99 Å². The normalized spacial score (nSPS) is 23.4. The van der Waals surface area contributed by atoms with Gasteiger partial charge in [0.05, 0.1) is 5.69 Å². The molecule has 0 radical (unpaired) electrons. The highest BCUT2D eigenvalue weighted by Gasteiger charge is 2.31. The molecule has 1 aromatic rings. The summed E-state index contributed by atoms with van der Waals surface area (Å²) in [6, 6.07) is 5.20. The summed E-state index contributed by atoms with van der Waals surface area (Å²) in [5, 5.41) is 19.0. The molecule has 0 saturated carbocycles. The van der Waals surface area contributed by atoms with Crippen LogP contribution >= 0.6 is 0 Å². The van der Waals surface area contributed by atoms with Crippen molar-refractivity contribution in [3.63, 3.8) is 0 Å². The predicted octanol–water partition coefficient (Wildman–Crippen LogP) is 1.00. The van der Waals surface area contributed by atoms with Gasteiger partial charge < -0.3 is 15.1 Å². The Morgan fingerprint density at radius 1 is 1.40 bits per heavy atom. The molecule has 1 fully saturated rings. The molecule has 4 nitrogen and oxygen atoms in total. The molecule has 0 aromatic heterocycles. The van der Waals surface area contributed by atoms with E-state index in [4.69, 9.17) is 0 Å². The molecule has 1 saturated heterocycles. The van der Waals surface area contributed by atoms with Crippen LogP contribution in [0.15, 0.2) is 23.2 Å². The molecular weight excluding hydrogens is 192 g/mol. The average Bonchev–Trinajstić information content (AvgIpc) is 2.57. The van der Waals surface area contributed by atoms with Crippen LogP contribution < -0.4 is 0 Å². The van der Waals surface area contributed by atoms with Crippen LogP contribution in [0.1, 0.15) is 12.0 Å². The summed E-state index contributed by atoms with van der Waals surface area (Å²) in [6.45, 7) is 1.64. The molecule has 1 aromatic carbocycles. The first-order valence-corrected chi connectivity index (χ1v) is 5.07. The number of rotatable bonds is 0. The summed E-state index contributed by atoms with van der Waals surface area (Å²) < 4.78 is 0. The second kappa shape index (κ2) is 2.97. The maximum absolute atomic E-state index is 9.68. The number of aliphatic hydroxyl groups is 1. The predicted molar refractivity (Wildman–Crippen MR) is 56.2 cm³/mol. The Labute approximate surface area is 87.5 Å². The van der Waals surface area contributed by atoms with Crippen LogP contribution in [0.3, 0.4) is 0 Å². The Morgan fingerprint density at radius 2 is 2.27 bits per heavy atom. The van der Waals surface area contributed by atoms with Crippen LogP contribution in [0.2, 0.25) is 0 Å². The van der Waals surface area contributed by atoms with Gasteiger partial charge in [-0.25, -0.2) is 4.99 Å². The van der Waals surface area contributed by atoms with Gasteiger partial charge in [0.25, 0.3) is 0 Å². The number of phenols is 1. The zero-order valence-corrected chi connectivity index (χ0v) is 8.22. The number of aliphatic imine (C=N–C) groups is 1. The minimum absolute atomic E-state index is 0.221. The topological polar surface area (TPSA) is 56.1 Å². The van der Waals surface area contributed by atoms with Crippen LogP contribution in [0.25, 0.3) is 0 Å². The summed E-state index contributed by atoms with van der Waals surface area (Å²) in [6.07, 6.45) is 0.305. The molecule has 2 aliphatic heterocycles. The Hall–Kier alpha value is -1.55. The minimum Gasteiger partial charge on any atom is -0.508 e. The molecule has 1 unspecified atom stereocenters. The molecule has 4 heteroatoms. The van der Waals surface area contributed by atoms with E-state index < -0.39 is 6.10 Å². The number of hydrogen-bond acceptors (Lipinski definition) is 4. The number of hydrogen-bond donors (Lipinski definition) is 2. The fourth-order valence-electron chi connectivity index (χ4n) is 2.16. The molecule has 3 rings (SSSR count). The third-order valence-corrected chi connectivity index (χ3v) is 2.96. The van der Waals surface area contributed by atoms with E-state index in [0.29, 0.717) is 0 Å². The van der Waals surface area contributed by atoms with Crippen LogP contribution in [-0.2, 0) is 6.54 Å². The Kier molecular flexibility index (Phi) is 1.73. The summed E-state index contributed by atoms with van der Waals surface area (Å²) in [4.78, 5) is 6.47. The zero-order valence-electron chi connectivity index (χ0n) is 8.22. The Balaban J connectivity index is 2.09. The highest BCUT2D eigenvalue weighted by molar-refractivity contribution is 5.92. The van der Waals surface area contributed by atoms with Gasteiger partial charge in [0, 0.05) is 19.2 Å². The van der Waals surface area contributed by atoms with Gasteiger partial charge in [-0.15, -0.1) is 0 Å². The standard InChI is InChI=1S/C11H12N2O2/c14-8-2-1-7-6-13-4-3-10(15)11(13)12-9(7)5-8/h1-2,5,10,14-15H,3-4,6H2. The van der Waals surface area contributed by atoms with E-state index in [1.165, 1.54) is 0 Å². The van der Waals surface area contributed by atoms with Gasteiger partial charge in [-0.05, 0) is 18.1 Å². The fraction of sp³-hybridized carbons (Fsp3) is 0.364. The average molecular weight is 204 g/mol. The molecule has 1 atom stereocenters. The number of aliphatic hydroxyl groups excluding tert-OH is 1. The molecular formula is C11H12N2O2.